The zero-order chi connectivity index (χ0) is 14.4. The molecular weight excluding hydrogens is 370 g/mol. The average Bonchev–Trinajstić information content (AvgIpc) is 2.37. The lowest BCUT2D eigenvalue weighted by Crippen LogP contribution is -2.32. The standard InChI is InChI=1S/C15H23Br2NO/c1-5-12(6-2)10(3)18-9-11-7-13(16)15(19-4)14(17)8-11/h7-8,10,12,18H,5-6,9H2,1-4H3. The van der Waals surface area contributed by atoms with Gasteiger partial charge in [0.2, 0.25) is 0 Å². The smallest absolute Gasteiger partial charge is 0.147 e. The van der Waals surface area contributed by atoms with E-state index in [9.17, 15) is 0 Å². The molecule has 19 heavy (non-hydrogen) atoms. The van der Waals surface area contributed by atoms with Gasteiger partial charge in [-0.25, -0.2) is 0 Å². The summed E-state index contributed by atoms with van der Waals surface area (Å²) in [5, 5.41) is 3.61. The Kier molecular flexibility index (Phi) is 7.40. The molecule has 1 atom stereocenters. The van der Waals surface area contributed by atoms with Gasteiger partial charge in [0.15, 0.2) is 0 Å². The summed E-state index contributed by atoms with van der Waals surface area (Å²) in [6.07, 6.45) is 2.45. The van der Waals surface area contributed by atoms with Crippen LogP contribution >= 0.6 is 31.9 Å². The highest BCUT2D eigenvalue weighted by Gasteiger charge is 2.13. The first kappa shape index (κ1) is 17.0. The summed E-state index contributed by atoms with van der Waals surface area (Å²) in [5.74, 6) is 1.59. The molecule has 0 spiro atoms. The van der Waals surface area contributed by atoms with Crippen LogP contribution in [0.1, 0.15) is 39.2 Å². The molecule has 0 aromatic heterocycles. The Morgan fingerprint density at radius 3 is 2.11 bits per heavy atom. The van der Waals surface area contributed by atoms with Gasteiger partial charge < -0.3 is 10.1 Å². The Morgan fingerprint density at radius 2 is 1.68 bits per heavy atom. The fourth-order valence-electron chi connectivity index (χ4n) is 2.35. The zero-order valence-electron chi connectivity index (χ0n) is 12.1. The molecule has 1 aromatic rings. The lowest BCUT2D eigenvalue weighted by atomic mass is 9.95. The first-order valence-corrected chi connectivity index (χ1v) is 8.37. The number of methoxy groups -OCH3 is 1. The van der Waals surface area contributed by atoms with E-state index in [-0.39, 0.29) is 0 Å². The van der Waals surface area contributed by atoms with Crippen LogP contribution in [0, 0.1) is 5.92 Å². The molecule has 1 N–H and O–H groups in total. The number of nitrogens with one attached hydrogen (secondary N) is 1. The highest BCUT2D eigenvalue weighted by atomic mass is 79.9. The van der Waals surface area contributed by atoms with Gasteiger partial charge in [0.25, 0.3) is 0 Å². The van der Waals surface area contributed by atoms with E-state index in [1.807, 2.05) is 0 Å². The summed E-state index contributed by atoms with van der Waals surface area (Å²) < 4.78 is 7.28. The normalized spacial score (nSPS) is 12.8. The van der Waals surface area contributed by atoms with Crippen LogP contribution in [-0.4, -0.2) is 13.2 Å². The number of ether oxygens (including phenoxy) is 1. The predicted molar refractivity (Wildman–Crippen MR) is 88.8 cm³/mol. The van der Waals surface area contributed by atoms with Crippen LogP contribution in [0.2, 0.25) is 0 Å². The molecule has 1 rings (SSSR count). The molecule has 108 valence electrons. The molecule has 0 aliphatic heterocycles. The quantitative estimate of drug-likeness (QED) is 0.693. The van der Waals surface area contributed by atoms with Crippen molar-refractivity contribution in [2.45, 2.75) is 46.2 Å². The van der Waals surface area contributed by atoms with Crippen molar-refractivity contribution in [2.75, 3.05) is 7.11 Å². The fraction of sp³-hybridized carbons (Fsp3) is 0.600. The topological polar surface area (TPSA) is 21.3 Å². The average molecular weight is 393 g/mol. The van der Waals surface area contributed by atoms with Gasteiger partial charge in [-0.15, -0.1) is 0 Å². The maximum atomic E-state index is 5.32. The van der Waals surface area contributed by atoms with Crippen molar-refractivity contribution < 1.29 is 4.74 Å². The van der Waals surface area contributed by atoms with Crippen LogP contribution in [0.25, 0.3) is 0 Å². The van der Waals surface area contributed by atoms with E-state index in [4.69, 9.17) is 4.74 Å². The van der Waals surface area contributed by atoms with Crippen LogP contribution < -0.4 is 10.1 Å². The molecule has 0 saturated heterocycles. The van der Waals surface area contributed by atoms with Gasteiger partial charge in [0.05, 0.1) is 16.1 Å². The van der Waals surface area contributed by atoms with E-state index >= 15 is 0 Å². The molecule has 0 aliphatic rings. The maximum Gasteiger partial charge on any atom is 0.147 e. The Balaban J connectivity index is 2.68. The van der Waals surface area contributed by atoms with Gasteiger partial charge >= 0.3 is 0 Å². The van der Waals surface area contributed by atoms with E-state index in [0.29, 0.717) is 6.04 Å². The lowest BCUT2D eigenvalue weighted by molar-refractivity contribution is 0.353. The van der Waals surface area contributed by atoms with E-state index in [1.54, 1.807) is 7.11 Å². The largest absolute Gasteiger partial charge is 0.494 e. The minimum absolute atomic E-state index is 0.537. The van der Waals surface area contributed by atoms with Crippen LogP contribution in [0.15, 0.2) is 21.1 Å². The van der Waals surface area contributed by atoms with Crippen LogP contribution in [0.4, 0.5) is 0 Å². The molecule has 2 nitrogen and oxygen atoms in total. The molecule has 4 heteroatoms. The predicted octanol–water partition coefficient (Wildman–Crippen LogP) is 5.13. The monoisotopic (exact) mass is 391 g/mol. The minimum Gasteiger partial charge on any atom is -0.494 e. The molecule has 0 fully saturated rings. The Morgan fingerprint density at radius 1 is 1.16 bits per heavy atom. The van der Waals surface area contributed by atoms with Gasteiger partial charge in [-0.05, 0) is 62.4 Å². The number of benzene rings is 1. The summed E-state index contributed by atoms with van der Waals surface area (Å²) in [6, 6.07) is 4.75. The molecule has 0 bridgehead atoms. The molecule has 0 heterocycles. The van der Waals surface area contributed by atoms with E-state index in [0.717, 1.165) is 27.2 Å². The van der Waals surface area contributed by atoms with Crippen molar-refractivity contribution in [1.82, 2.24) is 5.32 Å². The van der Waals surface area contributed by atoms with Gasteiger partial charge in [-0.2, -0.15) is 0 Å². The number of hydrogen-bond donors (Lipinski definition) is 1. The van der Waals surface area contributed by atoms with Gasteiger partial charge in [-0.3, -0.25) is 0 Å². The number of rotatable bonds is 7. The minimum atomic E-state index is 0.537. The first-order chi connectivity index (χ1) is 9.03. The maximum absolute atomic E-state index is 5.32. The fourth-order valence-corrected chi connectivity index (χ4v) is 3.96. The van der Waals surface area contributed by atoms with E-state index in [1.165, 1.54) is 18.4 Å². The van der Waals surface area contributed by atoms with E-state index in [2.05, 4.69) is 70.1 Å². The Bertz CT molecular complexity index is 382. The highest BCUT2D eigenvalue weighted by molar-refractivity contribution is 9.11. The van der Waals surface area contributed by atoms with Gasteiger partial charge in [0.1, 0.15) is 5.75 Å². The van der Waals surface area contributed by atoms with Crippen LogP contribution in [0.3, 0.4) is 0 Å². The van der Waals surface area contributed by atoms with Crippen molar-refractivity contribution in [1.29, 1.82) is 0 Å². The third kappa shape index (κ3) is 4.76. The van der Waals surface area contributed by atoms with Crippen LogP contribution in [-0.2, 0) is 6.54 Å². The second-order valence-electron chi connectivity index (χ2n) is 4.84. The summed E-state index contributed by atoms with van der Waals surface area (Å²) in [5.41, 5.74) is 1.25. The first-order valence-electron chi connectivity index (χ1n) is 6.78. The number of halogens is 2. The lowest BCUT2D eigenvalue weighted by Gasteiger charge is -2.23. The van der Waals surface area contributed by atoms with Crippen LogP contribution in [0.5, 0.6) is 5.75 Å². The molecular formula is C15H23Br2NO. The molecule has 1 unspecified atom stereocenters. The van der Waals surface area contributed by atoms with Gasteiger partial charge in [-0.1, -0.05) is 26.7 Å². The van der Waals surface area contributed by atoms with Crippen molar-refractivity contribution in [3.8, 4) is 5.75 Å². The summed E-state index contributed by atoms with van der Waals surface area (Å²) in [4.78, 5) is 0. The zero-order valence-corrected chi connectivity index (χ0v) is 15.3. The second-order valence-corrected chi connectivity index (χ2v) is 6.55. The van der Waals surface area contributed by atoms with Crippen molar-refractivity contribution >= 4 is 31.9 Å². The summed E-state index contributed by atoms with van der Waals surface area (Å²) in [7, 11) is 1.68. The molecule has 1 aromatic carbocycles. The molecule has 0 aliphatic carbocycles. The molecule has 0 radical (unpaired) electrons. The number of hydrogen-bond acceptors (Lipinski definition) is 2. The van der Waals surface area contributed by atoms with Crippen molar-refractivity contribution in [2.24, 2.45) is 5.92 Å². The summed E-state index contributed by atoms with van der Waals surface area (Å²) in [6.45, 7) is 7.66. The summed E-state index contributed by atoms with van der Waals surface area (Å²) >= 11 is 7.08. The SMILES string of the molecule is CCC(CC)C(C)NCc1cc(Br)c(OC)c(Br)c1. The van der Waals surface area contributed by atoms with Crippen molar-refractivity contribution in [3.05, 3.63) is 26.6 Å². The third-order valence-electron chi connectivity index (χ3n) is 3.65. The third-order valence-corrected chi connectivity index (χ3v) is 4.82. The second kappa shape index (κ2) is 8.28. The van der Waals surface area contributed by atoms with Gasteiger partial charge in [0, 0.05) is 12.6 Å². The van der Waals surface area contributed by atoms with Crippen molar-refractivity contribution in [3.63, 3.8) is 0 Å². The Hall–Kier alpha value is -0.0600. The van der Waals surface area contributed by atoms with E-state index < -0.39 is 0 Å². The molecule has 0 saturated carbocycles. The Labute approximate surface area is 133 Å². The molecule has 0 amide bonds. The highest BCUT2D eigenvalue weighted by Crippen LogP contribution is 2.34.